The molecule has 0 fully saturated rings. The van der Waals surface area contributed by atoms with E-state index in [0.717, 1.165) is 4.31 Å². The number of carbonyl (C=O) groups excluding carboxylic acids is 1. The van der Waals surface area contributed by atoms with Gasteiger partial charge < -0.3 is 5.32 Å². The van der Waals surface area contributed by atoms with E-state index in [2.05, 4.69) is 15.0 Å². The van der Waals surface area contributed by atoms with E-state index in [1.807, 2.05) is 0 Å². The van der Waals surface area contributed by atoms with Gasteiger partial charge in [0.25, 0.3) is 20.0 Å². The molecule has 4 rings (SSSR count). The molecule has 0 aliphatic rings. The van der Waals surface area contributed by atoms with Crippen LogP contribution in [-0.2, 0) is 24.8 Å². The van der Waals surface area contributed by atoms with Crippen molar-refractivity contribution in [3.05, 3.63) is 108 Å². The maximum Gasteiger partial charge on any atom is 0.264 e. The van der Waals surface area contributed by atoms with E-state index in [1.165, 1.54) is 67.0 Å². The summed E-state index contributed by atoms with van der Waals surface area (Å²) in [5.41, 5.74) is 0.854. The Labute approximate surface area is 219 Å². The lowest BCUT2D eigenvalue weighted by Gasteiger charge is -2.23. The van der Waals surface area contributed by atoms with Gasteiger partial charge in [-0.1, -0.05) is 29.8 Å². The molecule has 1 heterocycles. The van der Waals surface area contributed by atoms with Crippen LogP contribution in [-0.4, -0.2) is 34.3 Å². The minimum absolute atomic E-state index is 0.0226. The molecule has 0 aliphatic carbocycles. The van der Waals surface area contributed by atoms with Gasteiger partial charge in [-0.2, -0.15) is 0 Å². The number of hydrogen-bond donors (Lipinski definition) is 2. The Kier molecular flexibility index (Phi) is 7.77. The molecule has 9 nitrogen and oxygen atoms in total. The van der Waals surface area contributed by atoms with Crippen molar-refractivity contribution in [1.29, 1.82) is 0 Å². The Morgan fingerprint density at radius 2 is 1.43 bits per heavy atom. The Morgan fingerprint density at radius 3 is 2.05 bits per heavy atom. The van der Waals surface area contributed by atoms with Crippen molar-refractivity contribution in [3.63, 3.8) is 0 Å². The number of benzene rings is 3. The Hall–Kier alpha value is -3.93. The number of nitrogens with one attached hydrogen (secondary N) is 2. The van der Waals surface area contributed by atoms with Crippen LogP contribution >= 0.6 is 11.6 Å². The summed E-state index contributed by atoms with van der Waals surface area (Å²) < 4.78 is 55.3. The van der Waals surface area contributed by atoms with Gasteiger partial charge in [0.2, 0.25) is 5.91 Å². The summed E-state index contributed by atoms with van der Waals surface area (Å²) in [6, 6.07) is 22.5. The van der Waals surface area contributed by atoms with E-state index in [9.17, 15) is 21.6 Å². The average Bonchev–Trinajstić information content (AvgIpc) is 2.90. The fraction of sp³-hybridized carbons (Fsp3) is 0.0400. The van der Waals surface area contributed by atoms with Gasteiger partial charge in [-0.05, 0) is 72.8 Å². The molecule has 0 saturated carbocycles. The van der Waals surface area contributed by atoms with Gasteiger partial charge in [0.15, 0.2) is 0 Å². The maximum atomic E-state index is 13.3. The molecule has 190 valence electrons. The largest absolute Gasteiger partial charge is 0.325 e. The lowest BCUT2D eigenvalue weighted by Crippen LogP contribution is -2.38. The summed E-state index contributed by atoms with van der Waals surface area (Å²) in [4.78, 5) is 16.8. The third-order valence-electron chi connectivity index (χ3n) is 5.10. The van der Waals surface area contributed by atoms with Crippen LogP contribution in [0.1, 0.15) is 0 Å². The van der Waals surface area contributed by atoms with Gasteiger partial charge in [-0.25, -0.2) is 16.8 Å². The van der Waals surface area contributed by atoms with E-state index in [1.54, 1.807) is 36.4 Å². The quantitative estimate of drug-likeness (QED) is 0.315. The van der Waals surface area contributed by atoms with Gasteiger partial charge in [-0.3, -0.25) is 18.8 Å². The van der Waals surface area contributed by atoms with Gasteiger partial charge in [0, 0.05) is 22.6 Å². The van der Waals surface area contributed by atoms with Crippen molar-refractivity contribution in [2.75, 3.05) is 20.9 Å². The third-order valence-corrected chi connectivity index (χ3v) is 8.53. The van der Waals surface area contributed by atoms with E-state index < -0.39 is 32.5 Å². The number of anilines is 3. The van der Waals surface area contributed by atoms with Crippen molar-refractivity contribution >= 4 is 54.6 Å². The summed E-state index contributed by atoms with van der Waals surface area (Å²) in [5.74, 6) is -0.627. The first-order valence-corrected chi connectivity index (χ1v) is 14.1. The minimum atomic E-state index is -4.06. The van der Waals surface area contributed by atoms with Crippen LogP contribution in [0.2, 0.25) is 5.02 Å². The second-order valence-corrected chi connectivity index (χ2v) is 11.7. The first kappa shape index (κ1) is 26.1. The van der Waals surface area contributed by atoms with E-state index in [4.69, 9.17) is 11.6 Å². The Morgan fingerprint density at radius 1 is 0.784 bits per heavy atom. The molecule has 0 unspecified atom stereocenters. The zero-order chi connectivity index (χ0) is 26.5. The van der Waals surface area contributed by atoms with Gasteiger partial charge >= 0.3 is 0 Å². The number of aromatic nitrogens is 1. The highest BCUT2D eigenvalue weighted by atomic mass is 35.5. The number of amides is 1. The van der Waals surface area contributed by atoms with Crippen molar-refractivity contribution in [2.45, 2.75) is 9.79 Å². The van der Waals surface area contributed by atoms with Crippen molar-refractivity contribution in [3.8, 4) is 0 Å². The highest BCUT2D eigenvalue weighted by Gasteiger charge is 2.27. The zero-order valence-corrected chi connectivity index (χ0v) is 21.5. The molecule has 4 aromatic rings. The second-order valence-electron chi connectivity index (χ2n) is 7.72. The van der Waals surface area contributed by atoms with Crippen LogP contribution in [0.25, 0.3) is 0 Å². The third kappa shape index (κ3) is 6.45. The SMILES string of the molecule is O=C(CN(c1cccnc1)S(=O)(=O)c1ccccc1)Nc1ccc(S(=O)(=O)Nc2ccc(Cl)cc2)cc1. The second kappa shape index (κ2) is 11.0. The smallest absolute Gasteiger partial charge is 0.264 e. The summed E-state index contributed by atoms with van der Waals surface area (Å²) in [6.45, 7) is -0.527. The van der Waals surface area contributed by atoms with E-state index >= 15 is 0 Å². The van der Waals surface area contributed by atoms with Crippen LogP contribution in [0.4, 0.5) is 17.1 Å². The molecule has 0 radical (unpaired) electrons. The molecule has 0 bridgehead atoms. The van der Waals surface area contributed by atoms with Crippen LogP contribution in [0.15, 0.2) is 113 Å². The molecule has 2 N–H and O–H groups in total. The monoisotopic (exact) mass is 556 g/mol. The molecule has 0 aliphatic heterocycles. The lowest BCUT2D eigenvalue weighted by molar-refractivity contribution is -0.114. The fourth-order valence-electron chi connectivity index (χ4n) is 3.32. The molecule has 12 heteroatoms. The first-order valence-electron chi connectivity index (χ1n) is 10.8. The normalized spacial score (nSPS) is 11.5. The highest BCUT2D eigenvalue weighted by Crippen LogP contribution is 2.23. The number of rotatable bonds is 9. The van der Waals surface area contributed by atoms with Crippen molar-refractivity contribution in [1.82, 2.24) is 4.98 Å². The molecule has 0 saturated heterocycles. The topological polar surface area (TPSA) is 126 Å². The van der Waals surface area contributed by atoms with E-state index in [0.29, 0.717) is 16.4 Å². The molecule has 1 aromatic heterocycles. The number of pyridine rings is 1. The Balaban J connectivity index is 1.50. The van der Waals surface area contributed by atoms with Crippen LogP contribution in [0.3, 0.4) is 0 Å². The molecular formula is C25H21ClN4O5S2. The highest BCUT2D eigenvalue weighted by molar-refractivity contribution is 7.93. The zero-order valence-electron chi connectivity index (χ0n) is 19.2. The van der Waals surface area contributed by atoms with Gasteiger partial charge in [0.05, 0.1) is 21.7 Å². The number of hydrogen-bond acceptors (Lipinski definition) is 6. The first-order chi connectivity index (χ1) is 17.6. The van der Waals surface area contributed by atoms with Crippen molar-refractivity contribution in [2.24, 2.45) is 0 Å². The number of halogens is 1. The average molecular weight is 557 g/mol. The fourth-order valence-corrected chi connectivity index (χ4v) is 5.93. The summed E-state index contributed by atoms with van der Waals surface area (Å²) in [6.07, 6.45) is 2.84. The Bertz CT molecular complexity index is 1580. The lowest BCUT2D eigenvalue weighted by atomic mass is 10.3. The molecule has 37 heavy (non-hydrogen) atoms. The molecule has 0 spiro atoms. The molecule has 1 amide bonds. The summed E-state index contributed by atoms with van der Waals surface area (Å²) >= 11 is 5.83. The molecule has 3 aromatic carbocycles. The van der Waals surface area contributed by atoms with Crippen LogP contribution in [0, 0.1) is 0 Å². The summed E-state index contributed by atoms with van der Waals surface area (Å²) in [7, 11) is -7.94. The molecule has 0 atom stereocenters. The molecular weight excluding hydrogens is 536 g/mol. The van der Waals surface area contributed by atoms with Gasteiger partial charge in [0.1, 0.15) is 6.54 Å². The number of nitrogens with zero attached hydrogens (tertiary/aromatic N) is 2. The van der Waals surface area contributed by atoms with E-state index in [-0.39, 0.29) is 15.5 Å². The minimum Gasteiger partial charge on any atom is -0.325 e. The predicted molar refractivity (Wildman–Crippen MR) is 143 cm³/mol. The number of carbonyl (C=O) groups is 1. The van der Waals surface area contributed by atoms with Crippen molar-refractivity contribution < 1.29 is 21.6 Å². The number of sulfonamides is 2. The van der Waals surface area contributed by atoms with Gasteiger partial charge in [-0.15, -0.1) is 0 Å². The van der Waals surface area contributed by atoms with Crippen LogP contribution in [0.5, 0.6) is 0 Å². The maximum absolute atomic E-state index is 13.3. The predicted octanol–water partition coefficient (Wildman–Crippen LogP) is 4.37. The summed E-state index contributed by atoms with van der Waals surface area (Å²) in [5, 5.41) is 3.08. The standard InChI is InChI=1S/C25H21ClN4O5S2/c26-19-8-10-21(11-9-19)29-36(32,33)23-14-12-20(13-15-23)28-25(31)18-30(22-5-4-16-27-17-22)37(34,35)24-6-2-1-3-7-24/h1-17,29H,18H2,(H,28,31). The van der Waals surface area contributed by atoms with Crippen LogP contribution < -0.4 is 14.3 Å².